The van der Waals surface area contributed by atoms with Gasteiger partial charge in [-0.25, -0.2) is 0 Å². The normalized spacial score (nSPS) is 20.3. The highest BCUT2D eigenvalue weighted by Crippen LogP contribution is 2.37. The van der Waals surface area contributed by atoms with Gasteiger partial charge in [0.2, 0.25) is 0 Å². The predicted molar refractivity (Wildman–Crippen MR) is 59.8 cm³/mol. The van der Waals surface area contributed by atoms with Crippen LogP contribution < -0.4 is 14.8 Å². The van der Waals surface area contributed by atoms with Crippen LogP contribution in [0, 0.1) is 0 Å². The number of rotatable bonds is 3. The largest absolute Gasteiger partial charge is 0.493 e. The van der Waals surface area contributed by atoms with E-state index in [1.165, 1.54) is 12.0 Å². The van der Waals surface area contributed by atoms with Gasteiger partial charge in [-0.05, 0) is 19.0 Å². The molecule has 0 spiro atoms. The summed E-state index contributed by atoms with van der Waals surface area (Å²) in [7, 11) is 3.37. The Morgan fingerprint density at radius 3 is 2.73 bits per heavy atom. The van der Waals surface area contributed by atoms with Crippen molar-refractivity contribution in [2.75, 3.05) is 27.3 Å². The number of benzene rings is 1. The molecule has 1 N–H and O–H groups in total. The fourth-order valence-electron chi connectivity index (χ4n) is 2.15. The molecule has 1 aromatic carbocycles. The molecule has 15 heavy (non-hydrogen) atoms. The summed E-state index contributed by atoms with van der Waals surface area (Å²) >= 11 is 0. The zero-order valence-electron chi connectivity index (χ0n) is 9.25. The van der Waals surface area contributed by atoms with Crippen molar-refractivity contribution in [2.24, 2.45) is 0 Å². The second-order valence-corrected chi connectivity index (χ2v) is 3.77. The van der Waals surface area contributed by atoms with E-state index in [1.54, 1.807) is 14.2 Å². The maximum Gasteiger partial charge on any atom is 0.164 e. The molecule has 0 saturated carbocycles. The van der Waals surface area contributed by atoms with Crippen molar-refractivity contribution in [3.63, 3.8) is 0 Å². The van der Waals surface area contributed by atoms with Crippen LogP contribution in [0.3, 0.4) is 0 Å². The third-order valence-electron chi connectivity index (χ3n) is 2.93. The standard InChI is InChI=1S/C12H17NO2/c1-14-11-5-3-4-10(12(11)15-2)9-6-7-13-8-9/h3-5,9,13H,6-8H2,1-2H3/t9-/m0/s1. The predicted octanol–water partition coefficient (Wildman–Crippen LogP) is 1.78. The van der Waals surface area contributed by atoms with Crippen LogP contribution >= 0.6 is 0 Å². The minimum absolute atomic E-state index is 0.551. The van der Waals surface area contributed by atoms with Crippen LogP contribution in [0.1, 0.15) is 17.9 Å². The van der Waals surface area contributed by atoms with Crippen LogP contribution in [0.5, 0.6) is 11.5 Å². The molecule has 0 unspecified atom stereocenters. The first-order chi connectivity index (χ1) is 7.36. The number of hydrogen-bond acceptors (Lipinski definition) is 3. The molecular formula is C12H17NO2. The highest BCUT2D eigenvalue weighted by Gasteiger charge is 2.21. The summed E-state index contributed by atoms with van der Waals surface area (Å²) in [5.74, 6) is 2.26. The Balaban J connectivity index is 2.36. The van der Waals surface area contributed by atoms with Gasteiger partial charge in [-0.3, -0.25) is 0 Å². The molecule has 1 heterocycles. The lowest BCUT2D eigenvalue weighted by Crippen LogP contribution is -2.09. The molecule has 82 valence electrons. The van der Waals surface area contributed by atoms with E-state index in [-0.39, 0.29) is 0 Å². The minimum Gasteiger partial charge on any atom is -0.493 e. The second-order valence-electron chi connectivity index (χ2n) is 3.77. The van der Waals surface area contributed by atoms with E-state index < -0.39 is 0 Å². The van der Waals surface area contributed by atoms with Gasteiger partial charge in [0.1, 0.15) is 0 Å². The van der Waals surface area contributed by atoms with Crippen molar-refractivity contribution in [2.45, 2.75) is 12.3 Å². The van der Waals surface area contributed by atoms with Crippen LogP contribution in [0.25, 0.3) is 0 Å². The first-order valence-corrected chi connectivity index (χ1v) is 5.28. The quantitative estimate of drug-likeness (QED) is 0.819. The van der Waals surface area contributed by atoms with E-state index >= 15 is 0 Å². The number of ether oxygens (including phenoxy) is 2. The third-order valence-corrected chi connectivity index (χ3v) is 2.93. The number of para-hydroxylation sites is 1. The molecule has 0 radical (unpaired) electrons. The summed E-state index contributed by atoms with van der Waals surface area (Å²) in [6.07, 6.45) is 1.17. The maximum absolute atomic E-state index is 5.43. The fraction of sp³-hybridized carbons (Fsp3) is 0.500. The first kappa shape index (κ1) is 10.3. The molecule has 1 saturated heterocycles. The van der Waals surface area contributed by atoms with Crippen LogP contribution in [0.15, 0.2) is 18.2 Å². The van der Waals surface area contributed by atoms with Crippen molar-refractivity contribution >= 4 is 0 Å². The SMILES string of the molecule is COc1cccc([C@H]2CCNC2)c1OC. The number of hydrogen-bond donors (Lipinski definition) is 1. The maximum atomic E-state index is 5.43. The summed E-state index contributed by atoms with van der Waals surface area (Å²) in [5.41, 5.74) is 1.25. The average Bonchev–Trinajstić information content (AvgIpc) is 2.81. The van der Waals surface area contributed by atoms with Gasteiger partial charge >= 0.3 is 0 Å². The Bertz CT molecular complexity index is 332. The number of methoxy groups -OCH3 is 2. The van der Waals surface area contributed by atoms with Gasteiger partial charge in [-0.2, -0.15) is 0 Å². The lowest BCUT2D eigenvalue weighted by Gasteiger charge is -2.16. The summed E-state index contributed by atoms with van der Waals surface area (Å²) in [6, 6.07) is 6.08. The fourth-order valence-corrected chi connectivity index (χ4v) is 2.15. The summed E-state index contributed by atoms with van der Waals surface area (Å²) in [5, 5.41) is 3.36. The minimum atomic E-state index is 0.551. The monoisotopic (exact) mass is 207 g/mol. The summed E-state index contributed by atoms with van der Waals surface area (Å²) in [4.78, 5) is 0. The molecular weight excluding hydrogens is 190 g/mol. The van der Waals surface area contributed by atoms with E-state index in [2.05, 4.69) is 11.4 Å². The Labute approximate surface area is 90.4 Å². The van der Waals surface area contributed by atoms with Crippen LogP contribution in [0.2, 0.25) is 0 Å². The van der Waals surface area contributed by atoms with Gasteiger partial charge in [0.05, 0.1) is 14.2 Å². The Morgan fingerprint density at radius 1 is 1.27 bits per heavy atom. The Hall–Kier alpha value is -1.22. The topological polar surface area (TPSA) is 30.5 Å². The molecule has 1 aliphatic rings. The molecule has 2 rings (SSSR count). The van der Waals surface area contributed by atoms with Crippen molar-refractivity contribution in [1.29, 1.82) is 0 Å². The van der Waals surface area contributed by atoms with Crippen LogP contribution in [-0.4, -0.2) is 27.3 Å². The average molecular weight is 207 g/mol. The molecule has 1 aromatic rings. The van der Waals surface area contributed by atoms with Gasteiger partial charge in [0.15, 0.2) is 11.5 Å². The Kier molecular flexibility index (Phi) is 3.11. The highest BCUT2D eigenvalue weighted by atomic mass is 16.5. The lowest BCUT2D eigenvalue weighted by atomic mass is 9.97. The molecule has 0 amide bonds. The van der Waals surface area contributed by atoms with E-state index in [0.29, 0.717) is 5.92 Å². The lowest BCUT2D eigenvalue weighted by molar-refractivity contribution is 0.350. The third kappa shape index (κ3) is 1.92. The molecule has 1 fully saturated rings. The zero-order valence-corrected chi connectivity index (χ0v) is 9.25. The molecule has 0 aliphatic carbocycles. The van der Waals surface area contributed by atoms with Crippen molar-refractivity contribution in [3.8, 4) is 11.5 Å². The van der Waals surface area contributed by atoms with E-state index in [0.717, 1.165) is 24.6 Å². The van der Waals surface area contributed by atoms with Crippen LogP contribution in [0.4, 0.5) is 0 Å². The van der Waals surface area contributed by atoms with Gasteiger partial charge < -0.3 is 14.8 Å². The van der Waals surface area contributed by atoms with Crippen molar-refractivity contribution in [1.82, 2.24) is 5.32 Å². The summed E-state index contributed by atoms with van der Waals surface area (Å²) in [6.45, 7) is 2.12. The number of nitrogens with one attached hydrogen (secondary N) is 1. The van der Waals surface area contributed by atoms with Gasteiger partial charge in [0.25, 0.3) is 0 Å². The smallest absolute Gasteiger partial charge is 0.164 e. The molecule has 0 bridgehead atoms. The van der Waals surface area contributed by atoms with Crippen LogP contribution in [-0.2, 0) is 0 Å². The van der Waals surface area contributed by atoms with E-state index in [4.69, 9.17) is 9.47 Å². The van der Waals surface area contributed by atoms with Gasteiger partial charge in [-0.15, -0.1) is 0 Å². The zero-order chi connectivity index (χ0) is 10.7. The molecule has 3 nitrogen and oxygen atoms in total. The van der Waals surface area contributed by atoms with E-state index in [9.17, 15) is 0 Å². The first-order valence-electron chi connectivity index (χ1n) is 5.28. The van der Waals surface area contributed by atoms with Crippen molar-refractivity contribution in [3.05, 3.63) is 23.8 Å². The molecule has 3 heteroatoms. The van der Waals surface area contributed by atoms with Gasteiger partial charge in [0, 0.05) is 18.0 Å². The molecule has 0 aromatic heterocycles. The second kappa shape index (κ2) is 4.53. The Morgan fingerprint density at radius 2 is 2.13 bits per heavy atom. The van der Waals surface area contributed by atoms with E-state index in [1.807, 2.05) is 12.1 Å². The molecule has 1 aliphatic heterocycles. The summed E-state index contributed by atoms with van der Waals surface area (Å²) < 4.78 is 10.7. The highest BCUT2D eigenvalue weighted by molar-refractivity contribution is 5.48. The van der Waals surface area contributed by atoms with Crippen molar-refractivity contribution < 1.29 is 9.47 Å². The van der Waals surface area contributed by atoms with Gasteiger partial charge in [-0.1, -0.05) is 12.1 Å². The molecule has 1 atom stereocenters.